The molecule has 3 N–H and O–H groups in total. The van der Waals surface area contributed by atoms with Gasteiger partial charge in [0.2, 0.25) is 0 Å². The van der Waals surface area contributed by atoms with Gasteiger partial charge in [-0.3, -0.25) is 0 Å². The lowest BCUT2D eigenvalue weighted by Gasteiger charge is -2.59. The van der Waals surface area contributed by atoms with E-state index >= 15 is 0 Å². The standard InChI is InChI=1S/C19H33N3OS/c1-14(19-11-15-8-16(12-19)10-17(9-15)13-19)21-18(24)20-2-3-22-4-6-23-7-5-22/h14-17H,2-13H2,1H3,(H2,20,21,24)/p+1/t14-,15?,16?,17?,19?/m0/s1. The molecule has 0 amide bonds. The van der Waals surface area contributed by atoms with E-state index in [2.05, 4.69) is 17.6 Å². The van der Waals surface area contributed by atoms with Gasteiger partial charge in [-0.25, -0.2) is 0 Å². The summed E-state index contributed by atoms with van der Waals surface area (Å²) in [6, 6.07) is 0.515. The van der Waals surface area contributed by atoms with Crippen LogP contribution < -0.4 is 15.5 Å². The highest BCUT2D eigenvalue weighted by Crippen LogP contribution is 2.61. The van der Waals surface area contributed by atoms with Crippen molar-refractivity contribution in [2.45, 2.75) is 51.5 Å². The molecule has 5 rings (SSSR count). The summed E-state index contributed by atoms with van der Waals surface area (Å²) in [6.45, 7) is 8.55. The third-order valence-electron chi connectivity index (χ3n) is 7.32. The van der Waals surface area contributed by atoms with Crippen LogP contribution in [0.2, 0.25) is 0 Å². The first-order valence-electron chi connectivity index (χ1n) is 10.1. The zero-order valence-corrected chi connectivity index (χ0v) is 15.9. The smallest absolute Gasteiger partial charge is 0.166 e. The number of rotatable bonds is 5. The molecular weight excluding hydrogens is 318 g/mol. The lowest BCUT2D eigenvalue weighted by Crippen LogP contribution is -3.14. The maximum absolute atomic E-state index is 5.60. The van der Waals surface area contributed by atoms with E-state index in [0.717, 1.165) is 62.3 Å². The molecule has 24 heavy (non-hydrogen) atoms. The minimum absolute atomic E-state index is 0.515. The number of ether oxygens (including phenoxy) is 1. The molecule has 136 valence electrons. The fourth-order valence-corrected chi connectivity index (χ4v) is 6.65. The lowest BCUT2D eigenvalue weighted by atomic mass is 9.48. The zero-order valence-electron chi connectivity index (χ0n) is 15.1. The Morgan fingerprint density at radius 2 is 1.71 bits per heavy atom. The van der Waals surface area contributed by atoms with E-state index in [1.54, 1.807) is 4.90 Å². The van der Waals surface area contributed by atoms with Crippen molar-refractivity contribution in [3.63, 3.8) is 0 Å². The van der Waals surface area contributed by atoms with Crippen LogP contribution in [0.5, 0.6) is 0 Å². The van der Waals surface area contributed by atoms with Gasteiger partial charge in [-0.1, -0.05) is 0 Å². The van der Waals surface area contributed by atoms with E-state index in [-0.39, 0.29) is 0 Å². The number of quaternary nitrogens is 1. The van der Waals surface area contributed by atoms with Crippen molar-refractivity contribution in [1.82, 2.24) is 10.6 Å². The van der Waals surface area contributed by atoms with Crippen LogP contribution in [0.25, 0.3) is 0 Å². The van der Waals surface area contributed by atoms with Crippen LogP contribution in [0.3, 0.4) is 0 Å². The molecule has 5 aliphatic rings. The van der Waals surface area contributed by atoms with Crippen LogP contribution in [0.15, 0.2) is 0 Å². The van der Waals surface area contributed by atoms with Crippen LogP contribution in [0.1, 0.15) is 45.4 Å². The molecule has 5 fully saturated rings. The second kappa shape index (κ2) is 7.08. The first-order valence-corrected chi connectivity index (χ1v) is 10.5. The molecule has 0 radical (unpaired) electrons. The second-order valence-electron chi connectivity index (χ2n) is 9.01. The molecule has 0 aromatic carbocycles. The van der Waals surface area contributed by atoms with Crippen molar-refractivity contribution in [3.05, 3.63) is 0 Å². The maximum atomic E-state index is 5.60. The van der Waals surface area contributed by atoms with Crippen molar-refractivity contribution >= 4 is 17.3 Å². The Kier molecular flexibility index (Phi) is 5.03. The van der Waals surface area contributed by atoms with Gasteiger partial charge in [-0.2, -0.15) is 0 Å². The van der Waals surface area contributed by atoms with E-state index in [0.29, 0.717) is 11.5 Å². The maximum Gasteiger partial charge on any atom is 0.166 e. The Morgan fingerprint density at radius 1 is 1.12 bits per heavy atom. The van der Waals surface area contributed by atoms with E-state index in [1.165, 1.54) is 38.5 Å². The molecule has 1 saturated heterocycles. The van der Waals surface area contributed by atoms with Crippen molar-refractivity contribution < 1.29 is 9.64 Å². The second-order valence-corrected chi connectivity index (χ2v) is 9.42. The van der Waals surface area contributed by atoms with Gasteiger partial charge in [-0.15, -0.1) is 0 Å². The molecule has 4 aliphatic carbocycles. The number of morpholine rings is 1. The number of hydrogen-bond acceptors (Lipinski definition) is 2. The molecule has 0 aromatic rings. The van der Waals surface area contributed by atoms with Gasteiger partial charge in [0, 0.05) is 6.04 Å². The van der Waals surface area contributed by atoms with Gasteiger partial charge >= 0.3 is 0 Å². The first kappa shape index (κ1) is 17.0. The summed E-state index contributed by atoms with van der Waals surface area (Å²) in [4.78, 5) is 1.63. The lowest BCUT2D eigenvalue weighted by molar-refractivity contribution is -0.906. The summed E-state index contributed by atoms with van der Waals surface area (Å²) in [5, 5.41) is 7.98. The molecule has 0 unspecified atom stereocenters. The molecule has 4 bridgehead atoms. The predicted molar refractivity (Wildman–Crippen MR) is 100 cm³/mol. The Labute approximate surface area is 152 Å². The minimum atomic E-state index is 0.515. The number of hydrogen-bond donors (Lipinski definition) is 3. The first-order chi connectivity index (χ1) is 11.6. The molecule has 0 aromatic heterocycles. The van der Waals surface area contributed by atoms with Gasteiger partial charge in [0.25, 0.3) is 0 Å². The number of nitrogens with one attached hydrogen (secondary N) is 3. The highest BCUT2D eigenvalue weighted by atomic mass is 32.1. The van der Waals surface area contributed by atoms with Gasteiger partial charge in [0.1, 0.15) is 13.1 Å². The highest BCUT2D eigenvalue weighted by molar-refractivity contribution is 7.80. The fourth-order valence-electron chi connectivity index (χ4n) is 6.37. The minimum Gasteiger partial charge on any atom is -0.370 e. The largest absolute Gasteiger partial charge is 0.370 e. The molecule has 4 saturated carbocycles. The van der Waals surface area contributed by atoms with Gasteiger partial charge in [0.05, 0.1) is 26.3 Å². The van der Waals surface area contributed by atoms with Crippen LogP contribution in [-0.2, 0) is 4.74 Å². The molecule has 0 spiro atoms. The van der Waals surface area contributed by atoms with E-state index < -0.39 is 0 Å². The third-order valence-corrected chi connectivity index (χ3v) is 7.58. The topological polar surface area (TPSA) is 37.7 Å². The van der Waals surface area contributed by atoms with E-state index in [9.17, 15) is 0 Å². The Balaban J connectivity index is 1.23. The predicted octanol–water partition coefficient (Wildman–Crippen LogP) is 0.971. The molecule has 4 nitrogen and oxygen atoms in total. The highest BCUT2D eigenvalue weighted by Gasteiger charge is 2.53. The van der Waals surface area contributed by atoms with Gasteiger partial charge < -0.3 is 20.3 Å². The van der Waals surface area contributed by atoms with Crippen LogP contribution in [0, 0.1) is 23.2 Å². The Bertz CT molecular complexity index is 428. The third kappa shape index (κ3) is 3.58. The zero-order chi connectivity index (χ0) is 16.6. The average Bonchev–Trinajstić information content (AvgIpc) is 2.54. The van der Waals surface area contributed by atoms with Crippen LogP contribution >= 0.6 is 12.2 Å². The molecule has 1 atom stereocenters. The normalized spacial score (nSPS) is 39.6. The monoisotopic (exact) mass is 352 g/mol. The van der Waals surface area contributed by atoms with Gasteiger partial charge in [-0.05, 0) is 80.8 Å². The summed E-state index contributed by atoms with van der Waals surface area (Å²) in [7, 11) is 0. The summed E-state index contributed by atoms with van der Waals surface area (Å²) < 4.78 is 5.42. The van der Waals surface area contributed by atoms with E-state index in [4.69, 9.17) is 17.0 Å². The van der Waals surface area contributed by atoms with Crippen LogP contribution in [-0.4, -0.2) is 50.5 Å². The summed E-state index contributed by atoms with van der Waals surface area (Å²) in [5.74, 6) is 3.02. The van der Waals surface area contributed by atoms with E-state index in [1.807, 2.05) is 0 Å². The van der Waals surface area contributed by atoms with Crippen molar-refractivity contribution in [2.75, 3.05) is 39.4 Å². The van der Waals surface area contributed by atoms with Crippen LogP contribution in [0.4, 0.5) is 0 Å². The van der Waals surface area contributed by atoms with Crippen molar-refractivity contribution in [3.8, 4) is 0 Å². The average molecular weight is 353 g/mol. The fraction of sp³-hybridized carbons (Fsp3) is 0.947. The Hall–Kier alpha value is -0.390. The van der Waals surface area contributed by atoms with Crippen molar-refractivity contribution in [2.24, 2.45) is 23.2 Å². The van der Waals surface area contributed by atoms with Gasteiger partial charge in [0.15, 0.2) is 5.11 Å². The summed E-state index contributed by atoms with van der Waals surface area (Å²) in [6.07, 6.45) is 8.85. The van der Waals surface area contributed by atoms with Crippen molar-refractivity contribution in [1.29, 1.82) is 0 Å². The summed E-state index contributed by atoms with van der Waals surface area (Å²) in [5.41, 5.74) is 0.524. The SMILES string of the molecule is C[C@H](NC(=S)NCC[NH+]1CCOCC1)C12CC3CC(CC(C3)C1)C2. The number of thiocarbonyl (C=S) groups is 1. The summed E-state index contributed by atoms with van der Waals surface area (Å²) >= 11 is 5.60. The molecule has 1 heterocycles. The molecular formula is C19H34N3OS+. The molecule has 1 aliphatic heterocycles. The Morgan fingerprint density at radius 3 is 2.29 bits per heavy atom. The molecule has 5 heteroatoms. The quantitative estimate of drug-likeness (QED) is 0.645.